The van der Waals surface area contributed by atoms with Crippen molar-refractivity contribution in [2.45, 2.75) is 39.0 Å². The molecule has 1 aliphatic rings. The molecule has 0 unspecified atom stereocenters. The first-order valence-electron chi connectivity index (χ1n) is 7.12. The molecule has 106 valence electrons. The van der Waals surface area contributed by atoms with Crippen LogP contribution in [0.15, 0.2) is 24.3 Å². The van der Waals surface area contributed by atoms with Gasteiger partial charge in [0.05, 0.1) is 6.07 Å². The lowest BCUT2D eigenvalue weighted by Gasteiger charge is -2.34. The van der Waals surface area contributed by atoms with Gasteiger partial charge in [-0.3, -0.25) is 4.79 Å². The summed E-state index contributed by atoms with van der Waals surface area (Å²) in [6, 6.07) is 8.10. The van der Waals surface area contributed by atoms with Gasteiger partial charge in [0.15, 0.2) is 0 Å². The van der Waals surface area contributed by atoms with Crippen LogP contribution in [-0.2, 0) is 4.79 Å². The van der Waals surface area contributed by atoms with Crippen molar-refractivity contribution in [3.8, 4) is 6.07 Å². The number of rotatable bonds is 3. The molecule has 4 heteroatoms. The fourth-order valence-electron chi connectivity index (χ4n) is 2.85. The Morgan fingerprint density at radius 1 is 1.30 bits per heavy atom. The molecule has 0 spiro atoms. The van der Waals surface area contributed by atoms with Crippen molar-refractivity contribution in [3.05, 3.63) is 30.1 Å². The van der Waals surface area contributed by atoms with Crippen LogP contribution in [0, 0.1) is 22.6 Å². The number of nitriles is 1. The third kappa shape index (κ3) is 2.67. The average Bonchev–Trinajstić information content (AvgIpc) is 2.50. The van der Waals surface area contributed by atoms with Gasteiger partial charge in [-0.1, -0.05) is 19.3 Å². The average molecular weight is 274 g/mol. The van der Waals surface area contributed by atoms with Crippen LogP contribution in [0.1, 0.15) is 39.0 Å². The van der Waals surface area contributed by atoms with Crippen LogP contribution in [0.25, 0.3) is 0 Å². The summed E-state index contributed by atoms with van der Waals surface area (Å²) in [4.78, 5) is 14.4. The summed E-state index contributed by atoms with van der Waals surface area (Å²) in [6.45, 7) is 2.35. The number of anilines is 1. The zero-order valence-corrected chi connectivity index (χ0v) is 11.7. The zero-order chi connectivity index (χ0) is 14.6. The van der Waals surface area contributed by atoms with Gasteiger partial charge in [0.25, 0.3) is 0 Å². The van der Waals surface area contributed by atoms with Gasteiger partial charge in [0, 0.05) is 12.2 Å². The van der Waals surface area contributed by atoms with E-state index in [2.05, 4.69) is 6.07 Å². The molecule has 0 radical (unpaired) electrons. The van der Waals surface area contributed by atoms with Gasteiger partial charge in [-0.15, -0.1) is 0 Å². The molecule has 0 N–H and O–H groups in total. The Morgan fingerprint density at radius 3 is 2.40 bits per heavy atom. The fraction of sp³-hybridized carbons (Fsp3) is 0.500. The van der Waals surface area contributed by atoms with Crippen molar-refractivity contribution in [2.24, 2.45) is 5.41 Å². The highest BCUT2D eigenvalue weighted by Crippen LogP contribution is 2.38. The number of hydrogen-bond donors (Lipinski definition) is 0. The first kappa shape index (κ1) is 14.5. The molecule has 1 saturated carbocycles. The van der Waals surface area contributed by atoms with E-state index in [4.69, 9.17) is 0 Å². The minimum Gasteiger partial charge on any atom is -0.311 e. The maximum atomic E-state index is 13.0. The van der Waals surface area contributed by atoms with Crippen LogP contribution in [0.4, 0.5) is 10.1 Å². The van der Waals surface area contributed by atoms with E-state index in [9.17, 15) is 14.4 Å². The Morgan fingerprint density at radius 2 is 1.90 bits per heavy atom. The summed E-state index contributed by atoms with van der Waals surface area (Å²) >= 11 is 0. The monoisotopic (exact) mass is 274 g/mol. The quantitative estimate of drug-likeness (QED) is 0.844. The summed E-state index contributed by atoms with van der Waals surface area (Å²) in [7, 11) is 0. The van der Waals surface area contributed by atoms with E-state index in [1.54, 1.807) is 17.0 Å². The smallest absolute Gasteiger partial charge is 0.247 e. The van der Waals surface area contributed by atoms with Crippen LogP contribution < -0.4 is 4.90 Å². The predicted molar refractivity (Wildman–Crippen MR) is 75.6 cm³/mol. The first-order chi connectivity index (χ1) is 9.63. The number of halogens is 1. The van der Waals surface area contributed by atoms with Crippen molar-refractivity contribution in [2.75, 3.05) is 11.4 Å². The lowest BCUT2D eigenvalue weighted by Crippen LogP contribution is -2.44. The minimum atomic E-state index is -0.900. The van der Waals surface area contributed by atoms with Crippen molar-refractivity contribution in [3.63, 3.8) is 0 Å². The summed E-state index contributed by atoms with van der Waals surface area (Å²) in [5.74, 6) is -0.473. The molecule has 0 heterocycles. The lowest BCUT2D eigenvalue weighted by atomic mass is 9.74. The van der Waals surface area contributed by atoms with Gasteiger partial charge in [-0.05, 0) is 44.0 Å². The molecule has 0 aliphatic heterocycles. The minimum absolute atomic E-state index is 0.145. The highest BCUT2D eigenvalue weighted by atomic mass is 19.1. The van der Waals surface area contributed by atoms with E-state index in [-0.39, 0.29) is 11.7 Å². The zero-order valence-electron chi connectivity index (χ0n) is 11.7. The summed E-state index contributed by atoms with van der Waals surface area (Å²) in [5, 5.41) is 9.49. The van der Waals surface area contributed by atoms with Crippen molar-refractivity contribution >= 4 is 11.6 Å². The van der Waals surface area contributed by atoms with Crippen LogP contribution >= 0.6 is 0 Å². The van der Waals surface area contributed by atoms with Crippen molar-refractivity contribution < 1.29 is 9.18 Å². The maximum Gasteiger partial charge on any atom is 0.247 e. The lowest BCUT2D eigenvalue weighted by molar-refractivity contribution is -0.126. The van der Waals surface area contributed by atoms with E-state index in [1.807, 2.05) is 6.92 Å². The number of nitrogens with zero attached hydrogens (tertiary/aromatic N) is 2. The van der Waals surface area contributed by atoms with Gasteiger partial charge >= 0.3 is 0 Å². The number of hydrogen-bond acceptors (Lipinski definition) is 2. The number of benzene rings is 1. The molecule has 0 atom stereocenters. The Bertz CT molecular complexity index is 512. The van der Waals surface area contributed by atoms with E-state index < -0.39 is 5.41 Å². The van der Waals surface area contributed by atoms with Gasteiger partial charge < -0.3 is 4.90 Å². The number of amides is 1. The SMILES string of the molecule is CCN(C(=O)C1(C#N)CCCCC1)c1ccc(F)cc1. The molecule has 1 aliphatic carbocycles. The van der Waals surface area contributed by atoms with Crippen LogP contribution in [0.5, 0.6) is 0 Å². The van der Waals surface area contributed by atoms with Gasteiger partial charge in [0.1, 0.15) is 11.2 Å². The van der Waals surface area contributed by atoms with E-state index in [0.717, 1.165) is 19.3 Å². The maximum absolute atomic E-state index is 13.0. The molecular weight excluding hydrogens is 255 g/mol. The molecule has 1 fully saturated rings. The molecule has 0 saturated heterocycles. The Kier molecular flexibility index (Phi) is 4.39. The molecule has 0 bridgehead atoms. The van der Waals surface area contributed by atoms with E-state index >= 15 is 0 Å². The van der Waals surface area contributed by atoms with Crippen LogP contribution in [-0.4, -0.2) is 12.5 Å². The highest BCUT2D eigenvalue weighted by Gasteiger charge is 2.42. The first-order valence-corrected chi connectivity index (χ1v) is 7.12. The van der Waals surface area contributed by atoms with Crippen molar-refractivity contribution in [1.29, 1.82) is 5.26 Å². The molecule has 2 rings (SSSR count). The van der Waals surface area contributed by atoms with Gasteiger partial charge in [-0.2, -0.15) is 5.26 Å². The summed E-state index contributed by atoms with van der Waals surface area (Å²) in [5.41, 5.74) is -0.248. The Hall–Kier alpha value is -1.89. The number of carbonyl (C=O) groups excluding carboxylic acids is 1. The Labute approximate surface area is 119 Å². The molecule has 20 heavy (non-hydrogen) atoms. The highest BCUT2D eigenvalue weighted by molar-refractivity contribution is 5.99. The van der Waals surface area contributed by atoms with Gasteiger partial charge in [-0.25, -0.2) is 4.39 Å². The standard InChI is InChI=1S/C16H19FN2O/c1-2-19(14-8-6-13(17)7-9-14)15(20)16(12-18)10-4-3-5-11-16/h6-9H,2-5,10-11H2,1H3. The van der Waals surface area contributed by atoms with Crippen LogP contribution in [0.3, 0.4) is 0 Å². The third-order valence-electron chi connectivity index (χ3n) is 4.03. The molecule has 1 amide bonds. The second kappa shape index (κ2) is 6.04. The molecule has 1 aromatic rings. The molecule has 0 aromatic heterocycles. The largest absolute Gasteiger partial charge is 0.311 e. The fourth-order valence-corrected chi connectivity index (χ4v) is 2.85. The molecule has 3 nitrogen and oxygen atoms in total. The predicted octanol–water partition coefficient (Wildman–Crippen LogP) is 3.65. The Balaban J connectivity index is 2.28. The third-order valence-corrected chi connectivity index (χ3v) is 4.03. The topological polar surface area (TPSA) is 44.1 Å². The molecule has 1 aromatic carbocycles. The number of carbonyl (C=O) groups is 1. The normalized spacial score (nSPS) is 17.2. The second-order valence-electron chi connectivity index (χ2n) is 5.28. The summed E-state index contributed by atoms with van der Waals surface area (Å²) in [6.07, 6.45) is 4.17. The van der Waals surface area contributed by atoms with Gasteiger partial charge in [0.2, 0.25) is 5.91 Å². The van der Waals surface area contributed by atoms with E-state index in [1.165, 1.54) is 12.1 Å². The summed E-state index contributed by atoms with van der Waals surface area (Å²) < 4.78 is 13.0. The van der Waals surface area contributed by atoms with E-state index in [0.29, 0.717) is 25.1 Å². The van der Waals surface area contributed by atoms with Crippen molar-refractivity contribution in [1.82, 2.24) is 0 Å². The molecular formula is C16H19FN2O. The van der Waals surface area contributed by atoms with Crippen LogP contribution in [0.2, 0.25) is 0 Å². The second-order valence-corrected chi connectivity index (χ2v) is 5.28.